The van der Waals surface area contributed by atoms with Crippen LogP contribution in [-0.4, -0.2) is 36.9 Å². The van der Waals surface area contributed by atoms with E-state index < -0.39 is 18.0 Å². The van der Waals surface area contributed by atoms with Gasteiger partial charge in [0.25, 0.3) is 0 Å². The number of nitrogens with one attached hydrogen (secondary N) is 3. The minimum absolute atomic E-state index is 0.0775. The summed E-state index contributed by atoms with van der Waals surface area (Å²) in [6.07, 6.45) is 3.05. The number of halogens is 3. The van der Waals surface area contributed by atoms with Gasteiger partial charge in [-0.2, -0.15) is 18.3 Å². The third-order valence-corrected chi connectivity index (χ3v) is 5.00. The van der Waals surface area contributed by atoms with Crippen LogP contribution < -0.4 is 10.6 Å². The number of nitrogens with zero attached hydrogens (tertiary/aromatic N) is 3. The molecule has 2 aliphatic carbocycles. The molecule has 2 aliphatic rings. The second kappa shape index (κ2) is 8.26. The summed E-state index contributed by atoms with van der Waals surface area (Å²) in [6, 6.07) is 1.87. The molecular weight excluding hydrogens is 389 g/mol. The van der Waals surface area contributed by atoms with Crippen molar-refractivity contribution < 1.29 is 23.1 Å². The van der Waals surface area contributed by atoms with Crippen LogP contribution in [0.25, 0.3) is 0 Å². The van der Waals surface area contributed by atoms with Gasteiger partial charge in [-0.3, -0.25) is 5.10 Å². The van der Waals surface area contributed by atoms with Gasteiger partial charge in [-0.15, -0.1) is 0 Å². The molecule has 11 heteroatoms. The molecule has 2 heterocycles. The number of hydrogen-bond donors (Lipinski definition) is 4. The van der Waals surface area contributed by atoms with E-state index in [9.17, 15) is 18.0 Å². The summed E-state index contributed by atoms with van der Waals surface area (Å²) in [5.41, 5.74) is -0.0390. The van der Waals surface area contributed by atoms with E-state index in [1.165, 1.54) is 12.8 Å². The smallest absolute Gasteiger partial charge is 0.434 e. The van der Waals surface area contributed by atoms with E-state index in [0.29, 0.717) is 17.9 Å². The maximum absolute atomic E-state index is 12.4. The van der Waals surface area contributed by atoms with Gasteiger partial charge >= 0.3 is 12.3 Å². The Morgan fingerprint density at radius 1 is 1.21 bits per heavy atom. The average Bonchev–Trinajstić information content (AvgIpc) is 3.07. The van der Waals surface area contributed by atoms with Crippen molar-refractivity contribution in [1.82, 2.24) is 25.5 Å². The van der Waals surface area contributed by atoms with Gasteiger partial charge in [0.15, 0.2) is 11.5 Å². The highest BCUT2D eigenvalue weighted by atomic mass is 19.4. The Hall–Kier alpha value is -2.85. The predicted octanol–water partition coefficient (Wildman–Crippen LogP) is 4.43. The number of hydrogen-bond acceptors (Lipinski definition) is 5. The lowest BCUT2D eigenvalue weighted by Crippen LogP contribution is -2.32. The monoisotopic (exact) mass is 412 g/mol. The van der Waals surface area contributed by atoms with Crippen molar-refractivity contribution in [1.29, 1.82) is 0 Å². The van der Waals surface area contributed by atoms with Crippen molar-refractivity contribution in [3.05, 3.63) is 29.8 Å². The molecule has 2 fully saturated rings. The van der Waals surface area contributed by atoms with Gasteiger partial charge in [-0.25, -0.2) is 14.8 Å². The topological polar surface area (TPSA) is 116 Å². The zero-order valence-electron chi connectivity index (χ0n) is 15.9. The van der Waals surface area contributed by atoms with E-state index in [0.717, 1.165) is 37.6 Å². The molecule has 2 saturated carbocycles. The number of amides is 1. The van der Waals surface area contributed by atoms with Crippen molar-refractivity contribution in [3.8, 4) is 0 Å². The van der Waals surface area contributed by atoms with Gasteiger partial charge in [0, 0.05) is 23.2 Å². The number of H-pyrrole nitrogens is 1. The Balaban J connectivity index is 0.000000252. The Bertz CT molecular complexity index is 827. The summed E-state index contributed by atoms with van der Waals surface area (Å²) in [6.45, 7) is 1.90. The largest absolute Gasteiger partial charge is 0.465 e. The molecule has 0 spiro atoms. The van der Waals surface area contributed by atoms with Gasteiger partial charge in [-0.05, 0) is 32.6 Å². The summed E-state index contributed by atoms with van der Waals surface area (Å²) < 4.78 is 37.1. The lowest BCUT2D eigenvalue weighted by molar-refractivity contribution is -0.141. The van der Waals surface area contributed by atoms with E-state index >= 15 is 0 Å². The van der Waals surface area contributed by atoms with Crippen LogP contribution in [0, 0.1) is 0 Å². The minimum Gasteiger partial charge on any atom is -0.465 e. The summed E-state index contributed by atoms with van der Waals surface area (Å²) in [5.74, 6) is 1.25. The van der Waals surface area contributed by atoms with E-state index in [1.54, 1.807) is 0 Å². The Kier molecular flexibility index (Phi) is 5.94. The summed E-state index contributed by atoms with van der Waals surface area (Å²) in [7, 11) is 0. The molecule has 0 radical (unpaired) electrons. The van der Waals surface area contributed by atoms with Crippen LogP contribution in [0.15, 0.2) is 18.5 Å². The van der Waals surface area contributed by atoms with E-state index in [1.807, 2.05) is 13.0 Å². The number of aromatic nitrogens is 4. The molecule has 29 heavy (non-hydrogen) atoms. The van der Waals surface area contributed by atoms with E-state index in [4.69, 9.17) is 5.11 Å². The van der Waals surface area contributed by atoms with Gasteiger partial charge in [0.1, 0.15) is 5.82 Å². The zero-order chi connectivity index (χ0) is 21.1. The lowest BCUT2D eigenvalue weighted by atomic mass is 10.0. The number of carboxylic acid groups (broad SMARTS) is 1. The van der Waals surface area contributed by atoms with Gasteiger partial charge < -0.3 is 15.7 Å². The van der Waals surface area contributed by atoms with Crippen LogP contribution in [0.2, 0.25) is 0 Å². The van der Waals surface area contributed by atoms with Gasteiger partial charge in [0.05, 0.1) is 12.4 Å². The highest BCUT2D eigenvalue weighted by molar-refractivity contribution is 5.66. The molecule has 4 N–H and O–H groups in total. The molecule has 2 aromatic heterocycles. The third-order valence-electron chi connectivity index (χ3n) is 5.00. The minimum atomic E-state index is -4.48. The summed E-state index contributed by atoms with van der Waals surface area (Å²) in [5, 5.41) is 20.5. The molecule has 1 amide bonds. The van der Waals surface area contributed by atoms with Crippen LogP contribution >= 0.6 is 0 Å². The van der Waals surface area contributed by atoms with Crippen LogP contribution in [0.3, 0.4) is 0 Å². The lowest BCUT2D eigenvalue weighted by Gasteiger charge is -2.06. The summed E-state index contributed by atoms with van der Waals surface area (Å²) >= 11 is 0. The van der Waals surface area contributed by atoms with E-state index in [-0.39, 0.29) is 11.4 Å². The first kappa shape index (κ1) is 20.9. The van der Waals surface area contributed by atoms with Crippen molar-refractivity contribution in [2.45, 2.75) is 63.1 Å². The summed E-state index contributed by atoms with van der Waals surface area (Å²) in [4.78, 5) is 17.0. The number of carbonyl (C=O) groups is 1. The van der Waals surface area contributed by atoms with E-state index in [2.05, 4.69) is 30.8 Å². The highest BCUT2D eigenvalue weighted by Gasteiger charge is 2.38. The maximum atomic E-state index is 12.4. The first-order chi connectivity index (χ1) is 13.6. The average molecular weight is 412 g/mol. The standard InChI is InChI=1S/C13H14F3N5.C5H9NO2/c14-13(15,16)10-6-18-12(7-17-10)19-11-5-9(20-21-11)8-3-1-2-4-8;1-5(2-3-5)6-4(7)8/h5-8H,1-4H2,(H2,18,19,20,21);6H,2-3H2,1H3,(H,7,8). The van der Waals surface area contributed by atoms with Crippen LogP contribution in [0.5, 0.6) is 0 Å². The molecular formula is C18H23F3N6O2. The van der Waals surface area contributed by atoms with Crippen LogP contribution in [0.4, 0.5) is 29.6 Å². The normalized spacial score (nSPS) is 17.9. The number of anilines is 2. The molecule has 2 aromatic rings. The van der Waals surface area contributed by atoms with Crippen molar-refractivity contribution >= 4 is 17.7 Å². The fourth-order valence-corrected chi connectivity index (χ4v) is 3.09. The maximum Gasteiger partial charge on any atom is 0.434 e. The fraction of sp³-hybridized carbons (Fsp3) is 0.556. The predicted molar refractivity (Wildman–Crippen MR) is 98.9 cm³/mol. The van der Waals surface area contributed by atoms with Crippen molar-refractivity contribution in [2.75, 3.05) is 5.32 Å². The Labute approximate surface area is 165 Å². The molecule has 0 unspecified atom stereocenters. The van der Waals surface area contributed by atoms with Gasteiger partial charge in [-0.1, -0.05) is 12.8 Å². The molecule has 8 nitrogen and oxygen atoms in total. The van der Waals surface area contributed by atoms with Crippen molar-refractivity contribution in [2.24, 2.45) is 0 Å². The first-order valence-corrected chi connectivity index (χ1v) is 9.37. The van der Waals surface area contributed by atoms with Crippen LogP contribution in [0.1, 0.15) is 62.8 Å². The van der Waals surface area contributed by atoms with Crippen molar-refractivity contribution in [3.63, 3.8) is 0 Å². The Morgan fingerprint density at radius 3 is 2.38 bits per heavy atom. The quantitative estimate of drug-likeness (QED) is 0.591. The number of aromatic amines is 1. The van der Waals surface area contributed by atoms with Gasteiger partial charge in [0.2, 0.25) is 0 Å². The third kappa shape index (κ3) is 6.06. The Morgan fingerprint density at radius 2 is 1.90 bits per heavy atom. The molecule has 0 aliphatic heterocycles. The second-order valence-corrected chi connectivity index (χ2v) is 7.59. The zero-order valence-corrected chi connectivity index (χ0v) is 15.9. The molecule has 158 valence electrons. The first-order valence-electron chi connectivity index (χ1n) is 9.37. The number of rotatable bonds is 4. The SMILES string of the molecule is CC1(NC(=O)O)CC1.FC(F)(F)c1cnc(Nc2cc(C3CCCC3)[nH]n2)cn1. The molecule has 0 atom stereocenters. The highest BCUT2D eigenvalue weighted by Crippen LogP contribution is 2.34. The molecule has 0 bridgehead atoms. The second-order valence-electron chi connectivity index (χ2n) is 7.59. The number of alkyl halides is 3. The fourth-order valence-electron chi connectivity index (χ4n) is 3.09. The van der Waals surface area contributed by atoms with Crippen LogP contribution in [-0.2, 0) is 6.18 Å². The molecule has 0 saturated heterocycles. The molecule has 0 aromatic carbocycles. The molecule has 4 rings (SSSR count).